The first-order valence-corrected chi connectivity index (χ1v) is 13.5. The summed E-state index contributed by atoms with van der Waals surface area (Å²) in [6, 6.07) is 4.42. The highest BCUT2D eigenvalue weighted by molar-refractivity contribution is 6.17. The van der Waals surface area contributed by atoms with E-state index >= 15 is 4.39 Å². The van der Waals surface area contributed by atoms with Gasteiger partial charge in [0.1, 0.15) is 36.0 Å². The number of aliphatic hydroxyl groups is 2. The van der Waals surface area contributed by atoms with Crippen LogP contribution in [-0.4, -0.2) is 90.4 Å². The fourth-order valence-corrected chi connectivity index (χ4v) is 6.13. The predicted molar refractivity (Wildman–Crippen MR) is 142 cm³/mol. The third-order valence-corrected chi connectivity index (χ3v) is 8.50. The summed E-state index contributed by atoms with van der Waals surface area (Å²) in [7, 11) is 0. The molecule has 0 aliphatic carbocycles. The van der Waals surface area contributed by atoms with Gasteiger partial charge in [-0.25, -0.2) is 13.6 Å². The SMILES string of the molecule is CCC1(C(=O)O)CNc2c(cc(F)c3c2OC[C@@H]2C[C@@](O)(COc4ccc(N5C[C@H](CO)OC5=O)cc4F)CN32)C1=O. The molecule has 0 aromatic heterocycles. The van der Waals surface area contributed by atoms with E-state index in [1.165, 1.54) is 17.0 Å². The topological polar surface area (TPSA) is 158 Å². The van der Waals surface area contributed by atoms with Gasteiger partial charge in [0.05, 0.1) is 37.1 Å². The molecule has 224 valence electrons. The first-order chi connectivity index (χ1) is 20.0. The summed E-state index contributed by atoms with van der Waals surface area (Å²) in [6.45, 7) is 0.764. The fraction of sp³-hybridized carbons (Fsp3) is 0.464. The molecule has 42 heavy (non-hydrogen) atoms. The summed E-state index contributed by atoms with van der Waals surface area (Å²) in [5.74, 6) is -3.67. The number of aliphatic carboxylic acids is 1. The molecule has 4 aliphatic rings. The van der Waals surface area contributed by atoms with Crippen molar-refractivity contribution in [2.45, 2.75) is 37.5 Å². The van der Waals surface area contributed by atoms with Gasteiger partial charge >= 0.3 is 12.1 Å². The molecule has 2 fully saturated rings. The number of fused-ring (bicyclic) bond motifs is 5. The minimum Gasteiger partial charge on any atom is -0.487 e. The summed E-state index contributed by atoms with van der Waals surface area (Å²) >= 11 is 0. The molecule has 0 radical (unpaired) electrons. The normalized spacial score (nSPS) is 27.9. The number of carbonyl (C=O) groups excluding carboxylic acids is 2. The van der Waals surface area contributed by atoms with Gasteiger partial charge in [-0.1, -0.05) is 6.92 Å². The van der Waals surface area contributed by atoms with Crippen LogP contribution in [0.1, 0.15) is 30.1 Å². The number of hydrogen-bond donors (Lipinski definition) is 4. The van der Waals surface area contributed by atoms with Crippen molar-refractivity contribution in [1.82, 2.24) is 0 Å². The molecular formula is C28H29F2N3O9. The molecule has 2 aromatic rings. The average Bonchev–Trinajstić information content (AvgIpc) is 3.51. The van der Waals surface area contributed by atoms with Gasteiger partial charge < -0.3 is 39.7 Å². The third kappa shape index (κ3) is 4.28. The molecule has 1 unspecified atom stereocenters. The number of halogens is 2. The van der Waals surface area contributed by atoms with Gasteiger partial charge in [0.25, 0.3) is 0 Å². The van der Waals surface area contributed by atoms with Gasteiger partial charge in [0.15, 0.2) is 28.9 Å². The van der Waals surface area contributed by atoms with E-state index in [1.807, 2.05) is 0 Å². The molecule has 12 nitrogen and oxygen atoms in total. The molecule has 6 rings (SSSR count). The van der Waals surface area contributed by atoms with Crippen LogP contribution >= 0.6 is 0 Å². The number of Topliss-reactive ketones (excluding diaryl/α,β-unsaturated/α-hetero) is 1. The number of anilines is 3. The van der Waals surface area contributed by atoms with Crippen LogP contribution in [0.15, 0.2) is 24.3 Å². The zero-order valence-electron chi connectivity index (χ0n) is 22.6. The molecule has 4 aliphatic heterocycles. The molecule has 1 amide bonds. The predicted octanol–water partition coefficient (Wildman–Crippen LogP) is 2.15. The summed E-state index contributed by atoms with van der Waals surface area (Å²) < 4.78 is 46.9. The number of carboxylic acid groups (broad SMARTS) is 1. The maximum Gasteiger partial charge on any atom is 0.414 e. The highest BCUT2D eigenvalue weighted by atomic mass is 19.1. The second-order valence-electron chi connectivity index (χ2n) is 11.1. The third-order valence-electron chi connectivity index (χ3n) is 8.50. The quantitative estimate of drug-likeness (QED) is 0.351. The van der Waals surface area contributed by atoms with Crippen molar-refractivity contribution in [2.24, 2.45) is 5.41 Å². The smallest absolute Gasteiger partial charge is 0.414 e. The van der Waals surface area contributed by atoms with Gasteiger partial charge in [-0.3, -0.25) is 14.5 Å². The van der Waals surface area contributed by atoms with E-state index in [9.17, 15) is 34.1 Å². The van der Waals surface area contributed by atoms with Crippen molar-refractivity contribution in [2.75, 3.05) is 54.6 Å². The minimum atomic E-state index is -1.72. The first-order valence-electron chi connectivity index (χ1n) is 13.5. The Morgan fingerprint density at radius 3 is 2.69 bits per heavy atom. The summed E-state index contributed by atoms with van der Waals surface area (Å²) in [6.07, 6.45) is -1.27. The number of hydrogen-bond acceptors (Lipinski definition) is 10. The molecule has 2 saturated heterocycles. The van der Waals surface area contributed by atoms with Crippen LogP contribution in [0.5, 0.6) is 11.5 Å². The standard InChI is InChI=1S/C28H29F2N3O9/c1-2-28(25(36)37)11-31-21-17(24(28)35)6-19(30)22-23(21)40-10-15-7-27(39,12-33(15)22)13-41-20-4-3-14(5-18(20)29)32-8-16(9-34)42-26(32)38/h3-6,15-16,31,34,39H,2,7-13H2,1H3,(H,36,37)/t15-,16+,27-,28?/m0/s1. The first kappa shape index (κ1) is 28.0. The van der Waals surface area contributed by atoms with E-state index < -0.39 is 52.6 Å². The molecule has 4 N–H and O–H groups in total. The zero-order valence-corrected chi connectivity index (χ0v) is 22.6. The maximum absolute atomic E-state index is 15.6. The van der Waals surface area contributed by atoms with E-state index in [2.05, 4.69) is 5.32 Å². The average molecular weight is 590 g/mol. The van der Waals surface area contributed by atoms with Gasteiger partial charge in [-0.05, 0) is 24.6 Å². The van der Waals surface area contributed by atoms with Crippen molar-refractivity contribution in [3.05, 3.63) is 41.5 Å². The van der Waals surface area contributed by atoms with Crippen molar-refractivity contribution in [3.63, 3.8) is 0 Å². The summed E-state index contributed by atoms with van der Waals surface area (Å²) in [4.78, 5) is 39.9. The van der Waals surface area contributed by atoms with E-state index in [-0.39, 0.29) is 86.4 Å². The van der Waals surface area contributed by atoms with Gasteiger partial charge in [0.2, 0.25) is 0 Å². The van der Waals surface area contributed by atoms with Crippen LogP contribution in [0.2, 0.25) is 0 Å². The number of carbonyl (C=O) groups is 3. The lowest BCUT2D eigenvalue weighted by Crippen LogP contribution is -2.48. The Kier molecular flexibility index (Phi) is 6.65. The number of cyclic esters (lactones) is 1. The Labute approximate surface area is 238 Å². The van der Waals surface area contributed by atoms with Gasteiger partial charge in [-0.2, -0.15) is 0 Å². The Hall–Kier alpha value is -4.17. The molecule has 0 saturated carbocycles. The van der Waals surface area contributed by atoms with Crippen molar-refractivity contribution in [3.8, 4) is 11.5 Å². The molecule has 0 spiro atoms. The van der Waals surface area contributed by atoms with Crippen LogP contribution < -0.4 is 24.6 Å². The van der Waals surface area contributed by atoms with Gasteiger partial charge in [-0.15, -0.1) is 0 Å². The van der Waals surface area contributed by atoms with Crippen LogP contribution in [0.25, 0.3) is 0 Å². The van der Waals surface area contributed by atoms with Crippen LogP contribution in [-0.2, 0) is 9.53 Å². The number of rotatable bonds is 7. The van der Waals surface area contributed by atoms with Crippen LogP contribution in [0, 0.1) is 17.0 Å². The fourth-order valence-electron chi connectivity index (χ4n) is 6.13. The van der Waals surface area contributed by atoms with Gasteiger partial charge in [0, 0.05) is 24.6 Å². The number of amides is 1. The number of nitrogens with one attached hydrogen (secondary N) is 1. The number of aliphatic hydroxyl groups excluding tert-OH is 1. The van der Waals surface area contributed by atoms with Crippen molar-refractivity contribution >= 4 is 34.9 Å². The Balaban J connectivity index is 1.19. The highest BCUT2D eigenvalue weighted by Crippen LogP contribution is 2.50. The Morgan fingerprint density at radius 1 is 1.24 bits per heavy atom. The van der Waals surface area contributed by atoms with Crippen molar-refractivity contribution < 1.29 is 52.7 Å². The second-order valence-corrected chi connectivity index (χ2v) is 11.1. The zero-order chi connectivity index (χ0) is 30.0. The Bertz CT molecular complexity index is 1490. The van der Waals surface area contributed by atoms with Crippen LogP contribution in [0.3, 0.4) is 0 Å². The second kappa shape index (κ2) is 9.98. The summed E-state index contributed by atoms with van der Waals surface area (Å²) in [5, 5.41) is 33.3. The Morgan fingerprint density at radius 2 is 2.02 bits per heavy atom. The molecule has 4 heterocycles. The number of ether oxygens (including phenoxy) is 3. The molecular weight excluding hydrogens is 560 g/mol. The van der Waals surface area contributed by atoms with E-state index in [4.69, 9.17) is 14.2 Å². The van der Waals surface area contributed by atoms with E-state index in [0.29, 0.717) is 0 Å². The lowest BCUT2D eigenvalue weighted by molar-refractivity contribution is -0.145. The lowest BCUT2D eigenvalue weighted by Gasteiger charge is -2.38. The number of carboxylic acids is 1. The minimum absolute atomic E-state index is 0.0205. The number of nitrogens with zero attached hydrogens (tertiary/aromatic N) is 2. The van der Waals surface area contributed by atoms with Crippen LogP contribution in [0.4, 0.5) is 30.6 Å². The number of benzene rings is 2. The molecule has 0 bridgehead atoms. The molecule has 4 atom stereocenters. The molecule has 2 aromatic carbocycles. The van der Waals surface area contributed by atoms with E-state index in [0.717, 1.165) is 12.1 Å². The monoisotopic (exact) mass is 589 g/mol. The number of ketones is 1. The highest BCUT2D eigenvalue weighted by Gasteiger charge is 2.52. The largest absolute Gasteiger partial charge is 0.487 e. The maximum atomic E-state index is 15.6. The summed E-state index contributed by atoms with van der Waals surface area (Å²) in [5.41, 5.74) is -2.87. The van der Waals surface area contributed by atoms with E-state index in [1.54, 1.807) is 11.8 Å². The van der Waals surface area contributed by atoms with Crippen molar-refractivity contribution in [1.29, 1.82) is 0 Å². The lowest BCUT2D eigenvalue weighted by atomic mass is 9.75. The molecule has 14 heteroatoms.